The average molecular weight is 256 g/mol. The molecule has 0 saturated carbocycles. The molecule has 3 rings (SSSR count). The van der Waals surface area contributed by atoms with E-state index in [-0.39, 0.29) is 0 Å². The van der Waals surface area contributed by atoms with E-state index in [1.807, 2.05) is 13.0 Å². The van der Waals surface area contributed by atoms with Gasteiger partial charge in [-0.3, -0.25) is 0 Å². The fraction of sp³-hybridized carbons (Fsp3) is 0.438. The van der Waals surface area contributed by atoms with Crippen LogP contribution < -0.4 is 4.90 Å². The second-order valence-electron chi connectivity index (χ2n) is 5.19. The van der Waals surface area contributed by atoms with Crippen molar-refractivity contribution in [1.29, 1.82) is 0 Å². The van der Waals surface area contributed by atoms with Gasteiger partial charge in [0.05, 0.1) is 0 Å². The molecule has 1 saturated heterocycles. The van der Waals surface area contributed by atoms with Crippen LogP contribution in [0.4, 0.5) is 5.88 Å². The number of aromatic nitrogens is 1. The summed E-state index contributed by atoms with van der Waals surface area (Å²) in [6.07, 6.45) is 4.69. The van der Waals surface area contributed by atoms with Crippen molar-refractivity contribution in [1.82, 2.24) is 4.98 Å². The van der Waals surface area contributed by atoms with Crippen LogP contribution in [0.2, 0.25) is 0 Å². The third-order valence-corrected chi connectivity index (χ3v) is 3.64. The smallest absolute Gasteiger partial charge is 0.219 e. The molecular weight excluding hydrogens is 236 g/mol. The van der Waals surface area contributed by atoms with Crippen molar-refractivity contribution in [2.24, 2.45) is 0 Å². The van der Waals surface area contributed by atoms with Gasteiger partial charge in [0, 0.05) is 26.4 Å². The van der Waals surface area contributed by atoms with E-state index in [2.05, 4.69) is 34.1 Å². The van der Waals surface area contributed by atoms with Gasteiger partial charge in [-0.2, -0.15) is 0 Å². The summed E-state index contributed by atoms with van der Waals surface area (Å²) in [7, 11) is 0. The van der Waals surface area contributed by atoms with Gasteiger partial charge in [-0.25, -0.2) is 4.98 Å². The minimum Gasteiger partial charge on any atom is -0.425 e. The first-order chi connectivity index (χ1) is 9.33. The molecule has 100 valence electrons. The van der Waals surface area contributed by atoms with Crippen LogP contribution in [-0.2, 0) is 6.42 Å². The van der Waals surface area contributed by atoms with E-state index in [4.69, 9.17) is 4.42 Å². The Hall–Kier alpha value is -1.77. The van der Waals surface area contributed by atoms with Crippen LogP contribution in [0.5, 0.6) is 0 Å². The van der Waals surface area contributed by atoms with E-state index in [0.29, 0.717) is 0 Å². The standard InChI is InChI=1S/C16H20N2O/c1-13-17-15(12-14-8-4-2-5-9-14)16(19-13)18-10-6-3-7-11-18/h2,4-5,8-9H,3,6-7,10-12H2,1H3. The highest BCUT2D eigenvalue weighted by molar-refractivity contribution is 5.43. The van der Waals surface area contributed by atoms with Crippen LogP contribution >= 0.6 is 0 Å². The molecule has 1 aromatic carbocycles. The molecule has 0 bridgehead atoms. The number of anilines is 1. The lowest BCUT2D eigenvalue weighted by atomic mass is 10.1. The van der Waals surface area contributed by atoms with Crippen LogP contribution in [0.3, 0.4) is 0 Å². The summed E-state index contributed by atoms with van der Waals surface area (Å²) >= 11 is 0. The Morgan fingerprint density at radius 3 is 2.58 bits per heavy atom. The molecule has 0 amide bonds. The Bertz CT molecular complexity index is 527. The first-order valence-corrected chi connectivity index (χ1v) is 7.08. The molecule has 3 nitrogen and oxygen atoms in total. The highest BCUT2D eigenvalue weighted by atomic mass is 16.4. The summed E-state index contributed by atoms with van der Waals surface area (Å²) in [6, 6.07) is 10.5. The summed E-state index contributed by atoms with van der Waals surface area (Å²) in [6.45, 7) is 4.12. The van der Waals surface area contributed by atoms with E-state index in [9.17, 15) is 0 Å². The number of hydrogen-bond donors (Lipinski definition) is 0. The maximum atomic E-state index is 5.84. The third kappa shape index (κ3) is 2.80. The van der Waals surface area contributed by atoms with Crippen molar-refractivity contribution in [2.75, 3.05) is 18.0 Å². The molecular formula is C16H20N2O. The van der Waals surface area contributed by atoms with E-state index >= 15 is 0 Å². The second-order valence-corrected chi connectivity index (χ2v) is 5.19. The number of hydrogen-bond acceptors (Lipinski definition) is 3. The number of rotatable bonds is 3. The van der Waals surface area contributed by atoms with Crippen LogP contribution in [-0.4, -0.2) is 18.1 Å². The van der Waals surface area contributed by atoms with Gasteiger partial charge < -0.3 is 9.32 Å². The van der Waals surface area contributed by atoms with Crippen molar-refractivity contribution in [3.05, 3.63) is 47.5 Å². The van der Waals surface area contributed by atoms with Gasteiger partial charge in [0.2, 0.25) is 5.88 Å². The molecule has 0 N–H and O–H groups in total. The van der Waals surface area contributed by atoms with E-state index < -0.39 is 0 Å². The van der Waals surface area contributed by atoms with Gasteiger partial charge in [-0.15, -0.1) is 0 Å². The summed E-state index contributed by atoms with van der Waals surface area (Å²) in [4.78, 5) is 6.92. The second kappa shape index (κ2) is 5.47. The molecule has 2 aromatic rings. The number of piperidine rings is 1. The van der Waals surface area contributed by atoms with Gasteiger partial charge in [0.25, 0.3) is 0 Å². The van der Waals surface area contributed by atoms with Crippen LogP contribution in [0, 0.1) is 6.92 Å². The van der Waals surface area contributed by atoms with Gasteiger partial charge in [0.1, 0.15) is 5.69 Å². The summed E-state index contributed by atoms with van der Waals surface area (Å²) in [5.74, 6) is 1.76. The van der Waals surface area contributed by atoms with E-state index in [0.717, 1.165) is 37.0 Å². The van der Waals surface area contributed by atoms with Gasteiger partial charge in [0.15, 0.2) is 5.89 Å². The number of oxazole rings is 1. The fourth-order valence-corrected chi connectivity index (χ4v) is 2.71. The van der Waals surface area contributed by atoms with Crippen molar-refractivity contribution in [3.8, 4) is 0 Å². The molecule has 1 aliphatic rings. The molecule has 2 heterocycles. The van der Waals surface area contributed by atoms with Crippen LogP contribution in [0.15, 0.2) is 34.7 Å². The molecule has 19 heavy (non-hydrogen) atoms. The Morgan fingerprint density at radius 1 is 1.11 bits per heavy atom. The molecule has 1 aromatic heterocycles. The molecule has 0 atom stereocenters. The summed E-state index contributed by atoms with van der Waals surface area (Å²) < 4.78 is 5.84. The largest absolute Gasteiger partial charge is 0.425 e. The minimum absolute atomic E-state index is 0.770. The number of nitrogens with zero attached hydrogens (tertiary/aromatic N) is 2. The van der Waals surface area contributed by atoms with Gasteiger partial charge in [-0.05, 0) is 24.8 Å². The van der Waals surface area contributed by atoms with E-state index in [1.54, 1.807) is 0 Å². The minimum atomic E-state index is 0.770. The lowest BCUT2D eigenvalue weighted by molar-refractivity contribution is 0.478. The van der Waals surface area contributed by atoms with Crippen molar-refractivity contribution >= 4 is 5.88 Å². The molecule has 3 heteroatoms. The predicted octanol–water partition coefficient (Wildman–Crippen LogP) is 3.56. The maximum Gasteiger partial charge on any atom is 0.219 e. The number of aryl methyl sites for hydroxylation is 1. The first kappa shape index (κ1) is 12.3. The maximum absolute atomic E-state index is 5.84. The zero-order valence-electron chi connectivity index (χ0n) is 11.4. The highest BCUT2D eigenvalue weighted by Crippen LogP contribution is 2.27. The first-order valence-electron chi connectivity index (χ1n) is 7.08. The zero-order valence-corrected chi connectivity index (χ0v) is 11.4. The van der Waals surface area contributed by atoms with Crippen LogP contribution in [0.25, 0.3) is 0 Å². The lowest BCUT2D eigenvalue weighted by Gasteiger charge is -2.26. The molecule has 1 aliphatic heterocycles. The van der Waals surface area contributed by atoms with Crippen molar-refractivity contribution < 1.29 is 4.42 Å². The zero-order chi connectivity index (χ0) is 13.1. The Kier molecular flexibility index (Phi) is 3.53. The Balaban J connectivity index is 1.84. The monoisotopic (exact) mass is 256 g/mol. The highest BCUT2D eigenvalue weighted by Gasteiger charge is 2.20. The van der Waals surface area contributed by atoms with E-state index in [1.165, 1.54) is 24.8 Å². The van der Waals surface area contributed by atoms with Crippen LogP contribution in [0.1, 0.15) is 36.4 Å². The van der Waals surface area contributed by atoms with Crippen molar-refractivity contribution in [3.63, 3.8) is 0 Å². The normalized spacial score (nSPS) is 15.7. The quantitative estimate of drug-likeness (QED) is 0.840. The fourth-order valence-electron chi connectivity index (χ4n) is 2.71. The molecule has 0 aliphatic carbocycles. The van der Waals surface area contributed by atoms with Gasteiger partial charge >= 0.3 is 0 Å². The average Bonchev–Trinajstić information content (AvgIpc) is 2.82. The molecule has 0 spiro atoms. The molecule has 1 fully saturated rings. The molecule has 0 radical (unpaired) electrons. The Morgan fingerprint density at radius 2 is 1.84 bits per heavy atom. The summed E-state index contributed by atoms with van der Waals surface area (Å²) in [5, 5.41) is 0. The predicted molar refractivity (Wildman–Crippen MR) is 76.6 cm³/mol. The number of benzene rings is 1. The SMILES string of the molecule is Cc1nc(Cc2ccccc2)c(N2CCCCC2)o1. The molecule has 0 unspecified atom stereocenters. The summed E-state index contributed by atoms with van der Waals surface area (Å²) in [5.41, 5.74) is 2.36. The Labute approximate surface area is 114 Å². The van der Waals surface area contributed by atoms with Crippen molar-refractivity contribution in [2.45, 2.75) is 32.6 Å². The van der Waals surface area contributed by atoms with Gasteiger partial charge in [-0.1, -0.05) is 30.3 Å². The lowest BCUT2D eigenvalue weighted by Crippen LogP contribution is -2.29. The topological polar surface area (TPSA) is 29.3 Å². The third-order valence-electron chi connectivity index (χ3n) is 3.64.